The number of rotatable bonds is 1. The second-order valence-corrected chi connectivity index (χ2v) is 2.00. The van der Waals surface area contributed by atoms with Gasteiger partial charge in [-0.05, 0) is 0 Å². The Hall–Kier alpha value is -1.90. The third-order valence-electron chi connectivity index (χ3n) is 1.26. The van der Waals surface area contributed by atoms with Crippen molar-refractivity contribution in [3.63, 3.8) is 0 Å². The van der Waals surface area contributed by atoms with Crippen LogP contribution in [-0.2, 0) is 6.80 Å². The Morgan fingerprint density at radius 2 is 2.33 bits per heavy atom. The lowest BCUT2D eigenvalue weighted by atomic mass is 10.4. The summed E-state index contributed by atoms with van der Waals surface area (Å²) < 4.78 is 12.6. The zero-order chi connectivity index (χ0) is 9.14. The molecule has 1 N–H and O–H groups in total. The normalized spacial score (nSPS) is 9.33. The van der Waals surface area contributed by atoms with Crippen molar-refractivity contribution in [2.75, 3.05) is 0 Å². The first-order valence-corrected chi connectivity index (χ1v) is 2.99. The van der Waals surface area contributed by atoms with Crippen LogP contribution in [0.15, 0.2) is 15.8 Å². The molecule has 6 heteroatoms. The molecule has 1 heterocycles. The molecule has 0 saturated heterocycles. The molecule has 0 amide bonds. The molecule has 5 nitrogen and oxygen atoms in total. The van der Waals surface area contributed by atoms with Gasteiger partial charge in [-0.2, -0.15) is 5.26 Å². The van der Waals surface area contributed by atoms with E-state index in [0.717, 1.165) is 6.20 Å². The Labute approximate surface area is 65.7 Å². The maximum atomic E-state index is 12.0. The van der Waals surface area contributed by atoms with Crippen LogP contribution in [0.4, 0.5) is 4.39 Å². The van der Waals surface area contributed by atoms with Crippen LogP contribution in [0.1, 0.15) is 5.56 Å². The predicted molar refractivity (Wildman–Crippen MR) is 37.1 cm³/mol. The average molecular weight is 169 g/mol. The van der Waals surface area contributed by atoms with Gasteiger partial charge in [0.05, 0.1) is 0 Å². The molecule has 0 saturated carbocycles. The molecular weight excluding hydrogens is 165 g/mol. The Morgan fingerprint density at radius 3 is 2.83 bits per heavy atom. The van der Waals surface area contributed by atoms with E-state index < -0.39 is 18.0 Å². The number of hydrogen-bond donors (Lipinski definition) is 1. The average Bonchev–Trinajstić information content (AvgIpc) is 2.05. The number of aromatic amines is 1. The summed E-state index contributed by atoms with van der Waals surface area (Å²) in [4.78, 5) is 23.2. The molecule has 1 rings (SSSR count). The van der Waals surface area contributed by atoms with Crippen LogP contribution >= 0.6 is 0 Å². The van der Waals surface area contributed by atoms with E-state index in [-0.39, 0.29) is 5.56 Å². The van der Waals surface area contributed by atoms with Crippen LogP contribution in [0, 0.1) is 11.3 Å². The summed E-state index contributed by atoms with van der Waals surface area (Å²) in [7, 11) is 0. The van der Waals surface area contributed by atoms with Gasteiger partial charge in [0.15, 0.2) is 6.80 Å². The maximum Gasteiger partial charge on any atom is 0.330 e. The van der Waals surface area contributed by atoms with E-state index in [2.05, 4.69) is 0 Å². The Balaban J connectivity index is 3.51. The van der Waals surface area contributed by atoms with Gasteiger partial charge >= 0.3 is 5.69 Å². The van der Waals surface area contributed by atoms with Crippen LogP contribution in [-0.4, -0.2) is 9.55 Å². The standard InChI is InChI=1S/C6H4FN3O2/c7-3-10-2-4(1-8)5(11)9-6(10)12/h2H,3H2,(H,9,11,12). The molecule has 0 radical (unpaired) electrons. The SMILES string of the molecule is N#Cc1cn(CF)c(=O)[nH]c1=O. The molecule has 0 unspecified atom stereocenters. The van der Waals surface area contributed by atoms with Crippen molar-refractivity contribution < 1.29 is 4.39 Å². The second kappa shape index (κ2) is 3.00. The van der Waals surface area contributed by atoms with Gasteiger partial charge in [-0.15, -0.1) is 0 Å². The fraction of sp³-hybridized carbons (Fsp3) is 0.167. The minimum absolute atomic E-state index is 0.285. The summed E-state index contributed by atoms with van der Waals surface area (Å²) in [6.07, 6.45) is 0.876. The highest BCUT2D eigenvalue weighted by Gasteiger charge is 2.01. The van der Waals surface area contributed by atoms with Gasteiger partial charge in [0.2, 0.25) is 0 Å². The minimum atomic E-state index is -1.07. The number of H-pyrrole nitrogens is 1. The molecule has 0 aliphatic rings. The number of nitrogens with zero attached hydrogens (tertiary/aromatic N) is 2. The van der Waals surface area contributed by atoms with Gasteiger partial charge in [0.1, 0.15) is 11.6 Å². The summed E-state index contributed by atoms with van der Waals surface area (Å²) >= 11 is 0. The molecular formula is C6H4FN3O2. The zero-order valence-corrected chi connectivity index (χ0v) is 5.87. The number of aromatic nitrogens is 2. The van der Waals surface area contributed by atoms with Crippen molar-refractivity contribution in [3.8, 4) is 6.07 Å². The van der Waals surface area contributed by atoms with Crippen LogP contribution in [0.3, 0.4) is 0 Å². The van der Waals surface area contributed by atoms with E-state index in [1.807, 2.05) is 0 Å². The third kappa shape index (κ3) is 1.25. The van der Waals surface area contributed by atoms with Gasteiger partial charge in [0, 0.05) is 6.20 Å². The Bertz CT molecular complexity index is 439. The van der Waals surface area contributed by atoms with Crippen molar-refractivity contribution in [3.05, 3.63) is 32.6 Å². The molecule has 12 heavy (non-hydrogen) atoms. The van der Waals surface area contributed by atoms with Crippen LogP contribution in [0.2, 0.25) is 0 Å². The molecule has 1 aromatic heterocycles. The largest absolute Gasteiger partial charge is 0.330 e. The summed E-state index contributed by atoms with van der Waals surface area (Å²) in [6, 6.07) is 1.53. The predicted octanol–water partition coefficient (Wildman–Crippen LogP) is -0.665. The van der Waals surface area contributed by atoms with Crippen molar-refractivity contribution in [1.29, 1.82) is 5.26 Å². The topological polar surface area (TPSA) is 78.7 Å². The molecule has 0 aromatic carbocycles. The van der Waals surface area contributed by atoms with E-state index >= 15 is 0 Å². The lowest BCUT2D eigenvalue weighted by molar-refractivity contribution is 0.363. The fourth-order valence-corrected chi connectivity index (χ4v) is 0.678. The van der Waals surface area contributed by atoms with Crippen LogP contribution < -0.4 is 11.2 Å². The molecule has 0 aliphatic carbocycles. The van der Waals surface area contributed by atoms with E-state index in [4.69, 9.17) is 5.26 Å². The van der Waals surface area contributed by atoms with Gasteiger partial charge < -0.3 is 0 Å². The quantitative estimate of drug-likeness (QED) is 0.605. The van der Waals surface area contributed by atoms with Crippen LogP contribution in [0.25, 0.3) is 0 Å². The molecule has 1 aromatic rings. The number of alkyl halides is 1. The van der Waals surface area contributed by atoms with Gasteiger partial charge in [0.25, 0.3) is 5.56 Å². The number of nitriles is 1. The van der Waals surface area contributed by atoms with E-state index in [0.29, 0.717) is 4.57 Å². The van der Waals surface area contributed by atoms with Crippen molar-refractivity contribution in [1.82, 2.24) is 9.55 Å². The van der Waals surface area contributed by atoms with Gasteiger partial charge in [-0.1, -0.05) is 0 Å². The first-order valence-electron chi connectivity index (χ1n) is 2.99. The van der Waals surface area contributed by atoms with Gasteiger partial charge in [-0.25, -0.2) is 9.18 Å². The monoisotopic (exact) mass is 169 g/mol. The highest BCUT2D eigenvalue weighted by Crippen LogP contribution is 1.84. The number of halogens is 1. The molecule has 0 fully saturated rings. The summed E-state index contributed by atoms with van der Waals surface area (Å²) in [5.41, 5.74) is -1.94. The lowest BCUT2D eigenvalue weighted by Crippen LogP contribution is -2.30. The van der Waals surface area contributed by atoms with Crippen molar-refractivity contribution in [2.45, 2.75) is 6.80 Å². The van der Waals surface area contributed by atoms with E-state index in [9.17, 15) is 14.0 Å². The van der Waals surface area contributed by atoms with Crippen molar-refractivity contribution >= 4 is 0 Å². The lowest BCUT2D eigenvalue weighted by Gasteiger charge is -1.96. The molecule has 0 bridgehead atoms. The smallest absolute Gasteiger partial charge is 0.273 e. The molecule has 0 aliphatic heterocycles. The van der Waals surface area contributed by atoms with Gasteiger partial charge in [-0.3, -0.25) is 14.3 Å². The number of nitrogens with one attached hydrogen (secondary N) is 1. The Kier molecular flexibility index (Phi) is 2.05. The fourth-order valence-electron chi connectivity index (χ4n) is 0.678. The van der Waals surface area contributed by atoms with E-state index in [1.54, 1.807) is 4.98 Å². The highest BCUT2D eigenvalue weighted by molar-refractivity contribution is 5.21. The van der Waals surface area contributed by atoms with E-state index in [1.165, 1.54) is 6.07 Å². The first-order chi connectivity index (χ1) is 5.69. The zero-order valence-electron chi connectivity index (χ0n) is 5.87. The first kappa shape index (κ1) is 8.20. The third-order valence-corrected chi connectivity index (χ3v) is 1.26. The maximum absolute atomic E-state index is 12.0. The summed E-state index contributed by atoms with van der Waals surface area (Å²) in [5.74, 6) is 0. The number of hydrogen-bond acceptors (Lipinski definition) is 3. The minimum Gasteiger partial charge on any atom is -0.273 e. The summed E-state index contributed by atoms with van der Waals surface area (Å²) in [6.45, 7) is -1.07. The Morgan fingerprint density at radius 1 is 1.67 bits per heavy atom. The highest BCUT2D eigenvalue weighted by atomic mass is 19.1. The second-order valence-electron chi connectivity index (χ2n) is 2.00. The molecule has 0 spiro atoms. The molecule has 62 valence electrons. The van der Waals surface area contributed by atoms with Crippen molar-refractivity contribution in [2.24, 2.45) is 0 Å². The van der Waals surface area contributed by atoms with Crippen LogP contribution in [0.5, 0.6) is 0 Å². The molecule has 0 atom stereocenters. The summed E-state index contributed by atoms with van der Waals surface area (Å²) in [5, 5.41) is 8.32.